The second-order valence-corrected chi connectivity index (χ2v) is 7.40. The molecule has 1 fully saturated rings. The molecule has 1 aliphatic rings. The maximum atomic E-state index is 13.4. The van der Waals surface area contributed by atoms with E-state index >= 15 is 0 Å². The predicted molar refractivity (Wildman–Crippen MR) is 110 cm³/mol. The number of aromatic amines is 1. The second-order valence-electron chi connectivity index (χ2n) is 7.40. The van der Waals surface area contributed by atoms with Crippen LogP contribution >= 0.6 is 0 Å². The van der Waals surface area contributed by atoms with Gasteiger partial charge in [0.25, 0.3) is 5.91 Å². The zero-order valence-corrected chi connectivity index (χ0v) is 16.8. The molecule has 0 bridgehead atoms. The number of nitrogens with one attached hydrogen (secondary N) is 1. The van der Waals surface area contributed by atoms with Gasteiger partial charge in [-0.2, -0.15) is 0 Å². The third-order valence-electron chi connectivity index (χ3n) is 5.86. The molecule has 0 spiro atoms. The van der Waals surface area contributed by atoms with Crippen LogP contribution in [0.2, 0.25) is 0 Å². The average Bonchev–Trinajstić information content (AvgIpc) is 3.32. The summed E-state index contributed by atoms with van der Waals surface area (Å²) >= 11 is 0. The van der Waals surface area contributed by atoms with Crippen LogP contribution in [0.5, 0.6) is 11.5 Å². The Bertz CT molecular complexity index is 1040. The molecule has 1 atom stereocenters. The highest BCUT2D eigenvalue weighted by Gasteiger charge is 2.33. The summed E-state index contributed by atoms with van der Waals surface area (Å²) in [5, 5.41) is 1.11. The van der Waals surface area contributed by atoms with Crippen LogP contribution in [0.4, 0.5) is 0 Å². The van der Waals surface area contributed by atoms with Crippen molar-refractivity contribution < 1.29 is 14.3 Å². The summed E-state index contributed by atoms with van der Waals surface area (Å²) in [7, 11) is 3.32. The van der Waals surface area contributed by atoms with Crippen molar-refractivity contribution in [3.63, 3.8) is 0 Å². The van der Waals surface area contributed by atoms with Gasteiger partial charge in [-0.25, -0.2) is 0 Å². The molecule has 5 heteroatoms. The van der Waals surface area contributed by atoms with Crippen molar-refractivity contribution in [3.05, 3.63) is 58.8 Å². The van der Waals surface area contributed by atoms with Crippen LogP contribution in [0.25, 0.3) is 10.9 Å². The first-order chi connectivity index (χ1) is 13.5. The summed E-state index contributed by atoms with van der Waals surface area (Å²) < 4.78 is 11.0. The van der Waals surface area contributed by atoms with E-state index in [0.717, 1.165) is 58.6 Å². The molecule has 1 aromatic heterocycles. The lowest BCUT2D eigenvalue weighted by atomic mass is 10.0. The first kappa shape index (κ1) is 18.4. The van der Waals surface area contributed by atoms with E-state index in [1.54, 1.807) is 14.2 Å². The number of aromatic nitrogens is 1. The van der Waals surface area contributed by atoms with Gasteiger partial charge >= 0.3 is 0 Å². The maximum absolute atomic E-state index is 13.4. The lowest BCUT2D eigenvalue weighted by Gasteiger charge is -2.27. The average molecular weight is 378 g/mol. The Kier molecular flexibility index (Phi) is 4.75. The van der Waals surface area contributed by atoms with E-state index in [0.29, 0.717) is 0 Å². The van der Waals surface area contributed by atoms with Crippen LogP contribution in [0, 0.1) is 13.8 Å². The van der Waals surface area contributed by atoms with E-state index in [1.165, 1.54) is 5.56 Å². The number of amides is 1. The Hall–Kier alpha value is -2.95. The zero-order chi connectivity index (χ0) is 19.8. The molecule has 1 N–H and O–H groups in total. The number of hydrogen-bond donors (Lipinski definition) is 1. The number of nitrogens with zero attached hydrogens (tertiary/aromatic N) is 1. The summed E-state index contributed by atoms with van der Waals surface area (Å²) in [4.78, 5) is 18.7. The second kappa shape index (κ2) is 7.23. The van der Waals surface area contributed by atoms with Gasteiger partial charge in [-0.05, 0) is 68.7 Å². The number of methoxy groups -OCH3 is 2. The van der Waals surface area contributed by atoms with Crippen LogP contribution in [0.1, 0.15) is 46.1 Å². The molecule has 2 heterocycles. The van der Waals surface area contributed by atoms with Gasteiger partial charge in [0, 0.05) is 34.3 Å². The van der Waals surface area contributed by atoms with Crippen molar-refractivity contribution in [1.29, 1.82) is 0 Å². The van der Waals surface area contributed by atoms with Crippen LogP contribution in [-0.4, -0.2) is 36.6 Å². The van der Waals surface area contributed by atoms with Crippen molar-refractivity contribution in [2.45, 2.75) is 32.7 Å². The summed E-state index contributed by atoms with van der Waals surface area (Å²) in [5.74, 6) is 1.63. The minimum Gasteiger partial charge on any atom is -0.497 e. The quantitative estimate of drug-likeness (QED) is 0.711. The summed E-state index contributed by atoms with van der Waals surface area (Å²) in [6.07, 6.45) is 1.89. The molecule has 2 aromatic carbocycles. The number of rotatable bonds is 4. The molecular formula is C23H26N2O3. The molecule has 4 rings (SSSR count). The molecule has 0 aliphatic carbocycles. The third-order valence-corrected chi connectivity index (χ3v) is 5.86. The van der Waals surface area contributed by atoms with Gasteiger partial charge < -0.3 is 19.4 Å². The highest BCUT2D eigenvalue weighted by atomic mass is 16.5. The first-order valence-electron chi connectivity index (χ1n) is 9.65. The SMILES string of the molecule is COc1ccc(OC)c(C2CCCN2C(=O)c2ccc3[nH]c(C)c(C)c3c2)c1. The topological polar surface area (TPSA) is 54.6 Å². The highest BCUT2D eigenvalue weighted by Crippen LogP contribution is 2.39. The zero-order valence-electron chi connectivity index (χ0n) is 16.8. The van der Waals surface area contributed by atoms with Crippen LogP contribution in [0.15, 0.2) is 36.4 Å². The number of carbonyl (C=O) groups is 1. The van der Waals surface area contributed by atoms with Gasteiger partial charge in [0.1, 0.15) is 11.5 Å². The van der Waals surface area contributed by atoms with Crippen molar-refractivity contribution >= 4 is 16.8 Å². The fourth-order valence-corrected chi connectivity index (χ4v) is 4.19. The van der Waals surface area contributed by atoms with Gasteiger partial charge in [-0.3, -0.25) is 4.79 Å². The first-order valence-corrected chi connectivity index (χ1v) is 9.65. The van der Waals surface area contributed by atoms with Crippen molar-refractivity contribution in [2.75, 3.05) is 20.8 Å². The van der Waals surface area contributed by atoms with E-state index in [2.05, 4.69) is 18.8 Å². The Morgan fingerprint density at radius 1 is 1.11 bits per heavy atom. The molecule has 3 aromatic rings. The van der Waals surface area contributed by atoms with Crippen molar-refractivity contribution in [2.24, 2.45) is 0 Å². The number of ether oxygens (including phenoxy) is 2. The Morgan fingerprint density at radius 2 is 1.93 bits per heavy atom. The number of benzene rings is 2. The lowest BCUT2D eigenvalue weighted by Crippen LogP contribution is -2.30. The van der Waals surface area contributed by atoms with Crippen LogP contribution < -0.4 is 9.47 Å². The highest BCUT2D eigenvalue weighted by molar-refractivity contribution is 5.99. The van der Waals surface area contributed by atoms with E-state index < -0.39 is 0 Å². The molecule has 0 radical (unpaired) electrons. The van der Waals surface area contributed by atoms with Gasteiger partial charge in [-0.15, -0.1) is 0 Å². The largest absolute Gasteiger partial charge is 0.497 e. The normalized spacial score (nSPS) is 16.6. The number of aryl methyl sites for hydroxylation is 2. The smallest absolute Gasteiger partial charge is 0.254 e. The number of fused-ring (bicyclic) bond motifs is 1. The van der Waals surface area contributed by atoms with E-state index in [-0.39, 0.29) is 11.9 Å². The molecule has 0 saturated carbocycles. The molecule has 1 unspecified atom stereocenters. The fraction of sp³-hybridized carbons (Fsp3) is 0.348. The Labute approximate surface area is 165 Å². The monoisotopic (exact) mass is 378 g/mol. The minimum atomic E-state index is -0.0118. The molecule has 1 aliphatic heterocycles. The summed E-state index contributed by atoms with van der Waals surface area (Å²) in [5.41, 5.74) is 5.13. The van der Waals surface area contributed by atoms with Crippen molar-refractivity contribution in [3.8, 4) is 11.5 Å². The Balaban J connectivity index is 1.70. The molecule has 28 heavy (non-hydrogen) atoms. The van der Waals surface area contributed by atoms with E-state index in [9.17, 15) is 4.79 Å². The molecular weight excluding hydrogens is 352 g/mol. The molecule has 1 amide bonds. The minimum absolute atomic E-state index is 0.0118. The fourth-order valence-electron chi connectivity index (χ4n) is 4.19. The number of carbonyl (C=O) groups excluding carboxylic acids is 1. The van der Waals surface area contributed by atoms with E-state index in [1.807, 2.05) is 41.3 Å². The van der Waals surface area contributed by atoms with Gasteiger partial charge in [-0.1, -0.05) is 0 Å². The van der Waals surface area contributed by atoms with Gasteiger partial charge in [0.2, 0.25) is 0 Å². The van der Waals surface area contributed by atoms with Gasteiger partial charge in [0.15, 0.2) is 0 Å². The van der Waals surface area contributed by atoms with E-state index in [4.69, 9.17) is 9.47 Å². The Morgan fingerprint density at radius 3 is 2.68 bits per heavy atom. The van der Waals surface area contributed by atoms with Gasteiger partial charge in [0.05, 0.1) is 20.3 Å². The number of H-pyrrole nitrogens is 1. The number of likely N-dealkylation sites (tertiary alicyclic amines) is 1. The van der Waals surface area contributed by atoms with Crippen LogP contribution in [0.3, 0.4) is 0 Å². The molecule has 146 valence electrons. The summed E-state index contributed by atoms with van der Waals surface area (Å²) in [6, 6.07) is 11.7. The number of hydrogen-bond acceptors (Lipinski definition) is 3. The predicted octanol–water partition coefficient (Wildman–Crippen LogP) is 4.78. The molecule has 5 nitrogen and oxygen atoms in total. The maximum Gasteiger partial charge on any atom is 0.254 e. The van der Waals surface area contributed by atoms with Crippen LogP contribution in [-0.2, 0) is 0 Å². The summed E-state index contributed by atoms with van der Waals surface area (Å²) in [6.45, 7) is 4.89. The standard InChI is InChI=1S/C23H26N2O3/c1-14-15(2)24-20-9-7-16(12-18(14)20)23(26)25-11-5-6-21(25)19-13-17(27-3)8-10-22(19)28-4/h7-10,12-13,21,24H,5-6,11H2,1-4H3. The lowest BCUT2D eigenvalue weighted by molar-refractivity contribution is 0.0734. The van der Waals surface area contributed by atoms with Crippen molar-refractivity contribution in [1.82, 2.24) is 9.88 Å². The third kappa shape index (κ3) is 3.01. The molecule has 1 saturated heterocycles.